The van der Waals surface area contributed by atoms with E-state index in [1.165, 1.54) is 4.90 Å². The molecule has 0 radical (unpaired) electrons. The summed E-state index contributed by atoms with van der Waals surface area (Å²) in [7, 11) is -3.11. The fraction of sp³-hybridized carbons (Fsp3) is 0.526. The first-order valence-electron chi connectivity index (χ1n) is 10.2. The number of amides is 3. The molecule has 10 nitrogen and oxygen atoms in total. The van der Waals surface area contributed by atoms with E-state index in [1.54, 1.807) is 15.0 Å². The van der Waals surface area contributed by atoms with Crippen molar-refractivity contribution in [3.63, 3.8) is 0 Å². The Bertz CT molecular complexity index is 1100. The molecule has 2 saturated heterocycles. The van der Waals surface area contributed by atoms with E-state index in [4.69, 9.17) is 0 Å². The lowest BCUT2D eigenvalue weighted by Crippen LogP contribution is -2.49. The summed E-state index contributed by atoms with van der Waals surface area (Å²) in [6, 6.07) is 3.55. The molecule has 0 atom stereocenters. The van der Waals surface area contributed by atoms with E-state index in [2.05, 4.69) is 15.3 Å². The molecule has 0 spiro atoms. The quantitative estimate of drug-likeness (QED) is 0.733. The van der Waals surface area contributed by atoms with Gasteiger partial charge in [-0.05, 0) is 30.5 Å². The zero-order valence-corrected chi connectivity index (χ0v) is 17.3. The molecule has 1 N–H and O–H groups in total. The zero-order valence-electron chi connectivity index (χ0n) is 16.5. The van der Waals surface area contributed by atoms with Crippen LogP contribution in [0.1, 0.15) is 24.8 Å². The second kappa shape index (κ2) is 7.33. The third-order valence-electron chi connectivity index (χ3n) is 5.95. The van der Waals surface area contributed by atoms with Gasteiger partial charge < -0.3 is 0 Å². The minimum atomic E-state index is -3.11. The summed E-state index contributed by atoms with van der Waals surface area (Å²) in [6.07, 6.45) is 5.33. The lowest BCUT2D eigenvalue weighted by atomic mass is 10.2. The lowest BCUT2D eigenvalue weighted by Gasteiger charge is -2.34. The monoisotopic (exact) mass is 432 g/mol. The van der Waals surface area contributed by atoms with Crippen LogP contribution in [0.5, 0.6) is 0 Å². The van der Waals surface area contributed by atoms with E-state index in [1.807, 2.05) is 18.3 Å². The van der Waals surface area contributed by atoms with Crippen molar-refractivity contribution >= 4 is 33.2 Å². The van der Waals surface area contributed by atoms with E-state index in [0.29, 0.717) is 45.0 Å². The van der Waals surface area contributed by atoms with Gasteiger partial charge >= 0.3 is 6.03 Å². The molecule has 11 heteroatoms. The molecule has 0 unspecified atom stereocenters. The highest BCUT2D eigenvalue weighted by Crippen LogP contribution is 2.31. The molecular weight excluding hydrogens is 408 g/mol. The van der Waals surface area contributed by atoms with Gasteiger partial charge in [0.15, 0.2) is 0 Å². The molecule has 2 aliphatic heterocycles. The highest BCUT2D eigenvalue weighted by molar-refractivity contribution is 7.90. The second-order valence-electron chi connectivity index (χ2n) is 8.07. The standard InChI is InChI=1S/C19H24N6O4S/c26-18-4-5-24(19(27)21-18)17-12-20-25-6-3-14(11-16(17)25)13-22-7-9-23(10-8-22)30(28,29)15-1-2-15/h3,6,11-12,15H,1-2,4-5,7-10,13H2,(H,21,26,27). The number of sulfonamides is 1. The summed E-state index contributed by atoms with van der Waals surface area (Å²) in [6.45, 7) is 3.47. The van der Waals surface area contributed by atoms with Crippen molar-refractivity contribution in [1.82, 2.24) is 24.1 Å². The van der Waals surface area contributed by atoms with Gasteiger partial charge in [0.05, 0.1) is 22.7 Å². The van der Waals surface area contributed by atoms with Gasteiger partial charge in [-0.15, -0.1) is 0 Å². The minimum Gasteiger partial charge on any atom is -0.296 e. The third-order valence-corrected chi connectivity index (χ3v) is 8.35. The van der Waals surface area contributed by atoms with Crippen LogP contribution in [0, 0.1) is 0 Å². The highest BCUT2D eigenvalue weighted by atomic mass is 32.2. The summed E-state index contributed by atoms with van der Waals surface area (Å²) < 4.78 is 28.2. The summed E-state index contributed by atoms with van der Waals surface area (Å²) in [4.78, 5) is 27.4. The zero-order chi connectivity index (χ0) is 20.9. The minimum absolute atomic E-state index is 0.158. The number of aromatic nitrogens is 2. The Morgan fingerprint density at radius 1 is 1.10 bits per heavy atom. The molecule has 160 valence electrons. The fourth-order valence-corrected chi connectivity index (χ4v) is 5.91. The molecule has 3 fully saturated rings. The van der Waals surface area contributed by atoms with Crippen LogP contribution < -0.4 is 10.2 Å². The van der Waals surface area contributed by atoms with E-state index in [-0.39, 0.29) is 17.6 Å². The van der Waals surface area contributed by atoms with Crippen molar-refractivity contribution in [3.05, 3.63) is 30.1 Å². The fourth-order valence-electron chi connectivity index (χ4n) is 4.09. The first-order chi connectivity index (χ1) is 14.4. The topological polar surface area (TPSA) is 107 Å². The number of piperazine rings is 1. The maximum Gasteiger partial charge on any atom is 0.328 e. The molecule has 0 aromatic carbocycles. The molecule has 1 aliphatic carbocycles. The van der Waals surface area contributed by atoms with E-state index < -0.39 is 16.1 Å². The first kappa shape index (κ1) is 19.5. The van der Waals surface area contributed by atoms with E-state index >= 15 is 0 Å². The molecule has 3 aliphatic rings. The van der Waals surface area contributed by atoms with Gasteiger partial charge in [-0.3, -0.25) is 19.9 Å². The van der Waals surface area contributed by atoms with Crippen LogP contribution in [0.4, 0.5) is 10.5 Å². The first-order valence-corrected chi connectivity index (χ1v) is 11.7. The largest absolute Gasteiger partial charge is 0.328 e. The third kappa shape index (κ3) is 3.57. The number of carbonyl (C=O) groups excluding carboxylic acids is 2. The predicted molar refractivity (Wildman–Crippen MR) is 109 cm³/mol. The van der Waals surface area contributed by atoms with Crippen LogP contribution in [-0.2, 0) is 21.4 Å². The number of nitrogens with one attached hydrogen (secondary N) is 1. The SMILES string of the molecule is O=C1CCN(c2cnn3ccc(CN4CCN(S(=O)(=O)C5CC5)CC4)cc23)C(=O)N1. The normalized spacial score (nSPS) is 21.9. The molecule has 30 heavy (non-hydrogen) atoms. The number of urea groups is 1. The van der Waals surface area contributed by atoms with Crippen LogP contribution in [-0.4, -0.2) is 77.1 Å². The van der Waals surface area contributed by atoms with E-state index in [0.717, 1.165) is 23.9 Å². The van der Waals surface area contributed by atoms with Gasteiger partial charge in [0.25, 0.3) is 0 Å². The number of pyridine rings is 1. The molecule has 5 rings (SSSR count). The van der Waals surface area contributed by atoms with Crippen LogP contribution in [0.15, 0.2) is 24.5 Å². The average Bonchev–Trinajstić information content (AvgIpc) is 3.51. The Hall–Kier alpha value is -2.50. The number of rotatable bonds is 5. The van der Waals surface area contributed by atoms with Crippen molar-refractivity contribution in [1.29, 1.82) is 0 Å². The smallest absolute Gasteiger partial charge is 0.296 e. The number of hydrogen-bond donors (Lipinski definition) is 1. The van der Waals surface area contributed by atoms with Crippen LogP contribution in [0.3, 0.4) is 0 Å². The Balaban J connectivity index is 1.29. The number of carbonyl (C=O) groups is 2. The predicted octanol–water partition coefficient (Wildman–Crippen LogP) is 0.390. The number of hydrogen-bond acceptors (Lipinski definition) is 6. The molecule has 0 bridgehead atoms. The number of nitrogens with zero attached hydrogens (tertiary/aromatic N) is 5. The maximum absolute atomic E-state index is 12.4. The van der Waals surface area contributed by atoms with Crippen molar-refractivity contribution < 1.29 is 18.0 Å². The summed E-state index contributed by atoms with van der Waals surface area (Å²) in [5.74, 6) is -0.267. The molecule has 4 heterocycles. The molecule has 3 amide bonds. The van der Waals surface area contributed by atoms with Crippen molar-refractivity contribution in [2.75, 3.05) is 37.6 Å². The van der Waals surface area contributed by atoms with Crippen molar-refractivity contribution in [2.45, 2.75) is 31.1 Å². The summed E-state index contributed by atoms with van der Waals surface area (Å²) in [5.41, 5.74) is 2.53. The van der Waals surface area contributed by atoms with Crippen molar-refractivity contribution in [3.8, 4) is 0 Å². The van der Waals surface area contributed by atoms with Crippen LogP contribution in [0.2, 0.25) is 0 Å². The molecule has 2 aromatic rings. The second-order valence-corrected chi connectivity index (χ2v) is 10.3. The Labute approximate surface area is 174 Å². The van der Waals surface area contributed by atoms with Crippen LogP contribution >= 0.6 is 0 Å². The van der Waals surface area contributed by atoms with Gasteiger partial charge in [-0.1, -0.05) is 0 Å². The Kier molecular flexibility index (Phi) is 4.75. The summed E-state index contributed by atoms with van der Waals surface area (Å²) >= 11 is 0. The van der Waals surface area contributed by atoms with Crippen molar-refractivity contribution in [2.24, 2.45) is 0 Å². The number of fused-ring (bicyclic) bond motifs is 1. The van der Waals surface area contributed by atoms with Gasteiger partial charge in [-0.2, -0.15) is 9.40 Å². The Morgan fingerprint density at radius 2 is 1.87 bits per heavy atom. The molecule has 2 aromatic heterocycles. The molecular formula is C19H24N6O4S. The van der Waals surface area contributed by atoms with Gasteiger partial charge in [-0.25, -0.2) is 17.7 Å². The lowest BCUT2D eigenvalue weighted by molar-refractivity contribution is -0.120. The van der Waals surface area contributed by atoms with E-state index in [9.17, 15) is 18.0 Å². The molecule has 1 saturated carbocycles. The van der Waals surface area contributed by atoms with Gasteiger partial charge in [0.2, 0.25) is 15.9 Å². The average molecular weight is 433 g/mol. The van der Waals surface area contributed by atoms with Gasteiger partial charge in [0, 0.05) is 51.9 Å². The highest BCUT2D eigenvalue weighted by Gasteiger charge is 2.40. The Morgan fingerprint density at radius 3 is 2.57 bits per heavy atom. The maximum atomic E-state index is 12.4. The summed E-state index contributed by atoms with van der Waals surface area (Å²) in [5, 5.41) is 6.50. The van der Waals surface area contributed by atoms with Gasteiger partial charge in [0.1, 0.15) is 0 Å². The number of anilines is 1. The number of imide groups is 1. The van der Waals surface area contributed by atoms with Crippen LogP contribution in [0.25, 0.3) is 5.52 Å².